The number of fused-ring (bicyclic) bond motifs is 1. The fourth-order valence-electron chi connectivity index (χ4n) is 2.02. The van der Waals surface area contributed by atoms with Gasteiger partial charge in [0.2, 0.25) is 6.79 Å². The summed E-state index contributed by atoms with van der Waals surface area (Å²) in [5.41, 5.74) is 6.29. The number of halogens is 1. The van der Waals surface area contributed by atoms with E-state index in [1.54, 1.807) is 24.3 Å². The van der Waals surface area contributed by atoms with Crippen LogP contribution in [0, 0.1) is 11.2 Å². The van der Waals surface area contributed by atoms with E-state index in [0.29, 0.717) is 28.4 Å². The molecule has 0 spiro atoms. The van der Waals surface area contributed by atoms with Crippen LogP contribution in [0.25, 0.3) is 0 Å². The lowest BCUT2D eigenvalue weighted by molar-refractivity contribution is 0.173. The van der Waals surface area contributed by atoms with Gasteiger partial charge in [-0.05, 0) is 35.9 Å². The van der Waals surface area contributed by atoms with Gasteiger partial charge in [0.05, 0.1) is 0 Å². The van der Waals surface area contributed by atoms with Crippen molar-refractivity contribution in [1.82, 2.24) is 0 Å². The summed E-state index contributed by atoms with van der Waals surface area (Å²) >= 11 is 0. The van der Waals surface area contributed by atoms with Crippen LogP contribution in [0.2, 0.25) is 0 Å². The minimum Gasteiger partial charge on any atom is -0.489 e. The van der Waals surface area contributed by atoms with Crippen molar-refractivity contribution in [1.29, 1.82) is 5.41 Å². The first-order valence-electron chi connectivity index (χ1n) is 6.28. The first-order chi connectivity index (χ1) is 10.1. The zero-order valence-electron chi connectivity index (χ0n) is 11.1. The Morgan fingerprint density at radius 3 is 2.81 bits per heavy atom. The number of nitrogen functional groups attached to an aromatic ring is 1. The molecule has 2 aromatic rings. The first kappa shape index (κ1) is 13.2. The van der Waals surface area contributed by atoms with Crippen molar-refractivity contribution in [3.63, 3.8) is 0 Å². The molecule has 0 atom stereocenters. The van der Waals surface area contributed by atoms with E-state index in [4.69, 9.17) is 25.4 Å². The van der Waals surface area contributed by atoms with Gasteiger partial charge in [0.25, 0.3) is 0 Å². The molecule has 0 amide bonds. The molecule has 0 bridgehead atoms. The van der Waals surface area contributed by atoms with Crippen LogP contribution in [0.4, 0.5) is 4.39 Å². The average Bonchev–Trinajstić information content (AvgIpc) is 2.92. The number of hydrogen-bond donors (Lipinski definition) is 2. The summed E-state index contributed by atoms with van der Waals surface area (Å²) in [4.78, 5) is 0. The lowest BCUT2D eigenvalue weighted by atomic mass is 10.1. The van der Waals surface area contributed by atoms with Gasteiger partial charge < -0.3 is 19.9 Å². The fraction of sp³-hybridized carbons (Fsp3) is 0.133. The highest BCUT2D eigenvalue weighted by molar-refractivity contribution is 5.95. The van der Waals surface area contributed by atoms with Gasteiger partial charge in [-0.1, -0.05) is 0 Å². The largest absolute Gasteiger partial charge is 0.489 e. The summed E-state index contributed by atoms with van der Waals surface area (Å²) in [6, 6.07) is 9.40. The van der Waals surface area contributed by atoms with Crippen molar-refractivity contribution in [3.8, 4) is 17.2 Å². The molecule has 3 rings (SSSR count). The maximum absolute atomic E-state index is 13.4. The maximum Gasteiger partial charge on any atom is 0.231 e. The minimum absolute atomic E-state index is 0.164. The maximum atomic E-state index is 13.4. The Hall–Kier alpha value is -2.76. The Morgan fingerprint density at radius 2 is 2.00 bits per heavy atom. The highest BCUT2D eigenvalue weighted by atomic mass is 19.1. The number of benzene rings is 2. The molecule has 1 aliphatic rings. The van der Waals surface area contributed by atoms with Crippen molar-refractivity contribution in [2.24, 2.45) is 5.73 Å². The van der Waals surface area contributed by atoms with E-state index < -0.39 is 5.82 Å². The van der Waals surface area contributed by atoms with Gasteiger partial charge in [0, 0.05) is 11.6 Å². The van der Waals surface area contributed by atoms with Crippen molar-refractivity contribution in [2.75, 3.05) is 6.79 Å². The molecule has 0 aromatic heterocycles. The number of nitrogens with one attached hydrogen (secondary N) is 1. The molecule has 2 aromatic carbocycles. The molecule has 0 radical (unpaired) electrons. The SMILES string of the molecule is N=C(N)c1cc(F)cc(COc2ccc3c(c2)OCO3)c1. The third-order valence-corrected chi connectivity index (χ3v) is 3.02. The van der Waals surface area contributed by atoms with Crippen LogP contribution in [0.3, 0.4) is 0 Å². The molecule has 108 valence electrons. The second kappa shape index (κ2) is 5.32. The Labute approximate surface area is 120 Å². The lowest BCUT2D eigenvalue weighted by Gasteiger charge is -2.08. The molecule has 6 heteroatoms. The summed E-state index contributed by atoms with van der Waals surface area (Å²) in [6.45, 7) is 0.363. The van der Waals surface area contributed by atoms with Gasteiger partial charge in [0.1, 0.15) is 24.0 Å². The fourth-order valence-corrected chi connectivity index (χ4v) is 2.02. The van der Waals surface area contributed by atoms with Crippen LogP contribution >= 0.6 is 0 Å². The number of rotatable bonds is 4. The molecule has 21 heavy (non-hydrogen) atoms. The van der Waals surface area contributed by atoms with Crippen molar-refractivity contribution >= 4 is 5.84 Å². The predicted octanol–water partition coefficient (Wildman–Crippen LogP) is 2.42. The van der Waals surface area contributed by atoms with E-state index >= 15 is 0 Å². The molecule has 0 saturated heterocycles. The quantitative estimate of drug-likeness (QED) is 0.669. The zero-order valence-corrected chi connectivity index (χ0v) is 11.1. The Kier molecular flexibility index (Phi) is 3.35. The topological polar surface area (TPSA) is 77.6 Å². The van der Waals surface area contributed by atoms with Crippen LogP contribution < -0.4 is 19.9 Å². The van der Waals surface area contributed by atoms with Crippen LogP contribution in [-0.4, -0.2) is 12.6 Å². The molecule has 0 unspecified atom stereocenters. The Balaban J connectivity index is 1.74. The normalized spacial score (nSPS) is 12.2. The molecule has 0 aliphatic carbocycles. The van der Waals surface area contributed by atoms with E-state index in [0.717, 1.165) is 0 Å². The van der Waals surface area contributed by atoms with Crippen LogP contribution in [-0.2, 0) is 6.61 Å². The minimum atomic E-state index is -0.452. The number of ether oxygens (including phenoxy) is 3. The van der Waals surface area contributed by atoms with Gasteiger partial charge >= 0.3 is 0 Å². The Bertz CT molecular complexity index is 703. The van der Waals surface area contributed by atoms with Gasteiger partial charge in [-0.15, -0.1) is 0 Å². The number of amidine groups is 1. The first-order valence-corrected chi connectivity index (χ1v) is 6.28. The summed E-state index contributed by atoms with van der Waals surface area (Å²) in [5.74, 6) is 1.25. The van der Waals surface area contributed by atoms with Gasteiger partial charge in [-0.3, -0.25) is 5.41 Å². The van der Waals surface area contributed by atoms with E-state index in [-0.39, 0.29) is 19.2 Å². The van der Waals surface area contributed by atoms with E-state index in [1.165, 1.54) is 12.1 Å². The van der Waals surface area contributed by atoms with Gasteiger partial charge in [-0.2, -0.15) is 0 Å². The standard InChI is InChI=1S/C15H13FN2O3/c16-11-4-9(3-10(5-11)15(17)18)7-19-12-1-2-13-14(6-12)21-8-20-13/h1-6H,7-8H2,(H3,17,18). The summed E-state index contributed by atoms with van der Waals surface area (Å²) < 4.78 is 29.5. The molecular weight excluding hydrogens is 275 g/mol. The summed E-state index contributed by atoms with van der Waals surface area (Å²) in [7, 11) is 0. The smallest absolute Gasteiger partial charge is 0.231 e. The Morgan fingerprint density at radius 1 is 1.19 bits per heavy atom. The molecule has 0 fully saturated rings. The average molecular weight is 288 g/mol. The van der Waals surface area contributed by atoms with Crippen LogP contribution in [0.5, 0.6) is 17.2 Å². The van der Waals surface area contributed by atoms with Crippen LogP contribution in [0.1, 0.15) is 11.1 Å². The molecule has 1 heterocycles. The van der Waals surface area contributed by atoms with Crippen molar-refractivity contribution in [2.45, 2.75) is 6.61 Å². The summed E-state index contributed by atoms with van der Waals surface area (Å²) in [6.07, 6.45) is 0. The third-order valence-electron chi connectivity index (χ3n) is 3.02. The molecule has 1 aliphatic heterocycles. The number of nitrogens with two attached hydrogens (primary N) is 1. The van der Waals surface area contributed by atoms with E-state index in [9.17, 15) is 4.39 Å². The summed E-state index contributed by atoms with van der Waals surface area (Å²) in [5, 5.41) is 7.35. The highest BCUT2D eigenvalue weighted by Gasteiger charge is 2.13. The predicted molar refractivity (Wildman–Crippen MR) is 74.3 cm³/mol. The zero-order chi connectivity index (χ0) is 14.8. The number of hydrogen-bond acceptors (Lipinski definition) is 4. The third kappa shape index (κ3) is 2.89. The molecule has 5 nitrogen and oxygen atoms in total. The monoisotopic (exact) mass is 288 g/mol. The lowest BCUT2D eigenvalue weighted by Crippen LogP contribution is -2.12. The van der Waals surface area contributed by atoms with E-state index in [2.05, 4.69) is 0 Å². The molecule has 0 saturated carbocycles. The van der Waals surface area contributed by atoms with Gasteiger partial charge in [0.15, 0.2) is 11.5 Å². The second-order valence-electron chi connectivity index (χ2n) is 4.57. The van der Waals surface area contributed by atoms with Crippen molar-refractivity contribution < 1.29 is 18.6 Å². The van der Waals surface area contributed by atoms with Gasteiger partial charge in [-0.25, -0.2) is 4.39 Å². The second-order valence-corrected chi connectivity index (χ2v) is 4.57. The van der Waals surface area contributed by atoms with E-state index in [1.807, 2.05) is 0 Å². The van der Waals surface area contributed by atoms with Crippen LogP contribution in [0.15, 0.2) is 36.4 Å². The van der Waals surface area contributed by atoms with Crippen molar-refractivity contribution in [3.05, 3.63) is 53.3 Å². The molecule has 3 N–H and O–H groups in total. The molecular formula is C15H13FN2O3. The highest BCUT2D eigenvalue weighted by Crippen LogP contribution is 2.35.